The van der Waals surface area contributed by atoms with Gasteiger partial charge in [-0.15, -0.1) is 0 Å². The normalized spacial score (nSPS) is 17.5. The molecule has 1 aromatic carbocycles. The van der Waals surface area contributed by atoms with Crippen LogP contribution in [0.2, 0.25) is 0 Å². The van der Waals surface area contributed by atoms with Gasteiger partial charge in [-0.25, -0.2) is 4.39 Å². The zero-order valence-electron chi connectivity index (χ0n) is 8.72. The number of halogens is 1. The Balaban J connectivity index is 2.02. The monoisotopic (exact) mass is 226 g/mol. The van der Waals surface area contributed by atoms with E-state index in [1.807, 2.05) is 17.8 Å². The molecule has 1 fully saturated rings. The first-order valence-electron chi connectivity index (χ1n) is 5.00. The van der Waals surface area contributed by atoms with Crippen LogP contribution in [0.15, 0.2) is 18.2 Å². The van der Waals surface area contributed by atoms with Gasteiger partial charge in [0.05, 0.1) is 11.4 Å². The highest BCUT2D eigenvalue weighted by atomic mass is 32.2. The van der Waals surface area contributed by atoms with Crippen molar-refractivity contribution in [3.8, 4) is 0 Å². The van der Waals surface area contributed by atoms with Gasteiger partial charge in [0.2, 0.25) is 0 Å². The largest absolute Gasteiger partial charge is 0.395 e. The Morgan fingerprint density at radius 2 is 2.27 bits per heavy atom. The molecule has 0 atom stereocenters. The Hall–Kier alpha value is -0.900. The Kier molecular flexibility index (Phi) is 2.78. The molecule has 0 heterocycles. The summed E-state index contributed by atoms with van der Waals surface area (Å²) in [6, 6.07) is 4.86. The summed E-state index contributed by atoms with van der Waals surface area (Å²) in [5.41, 5.74) is 6.55. The van der Waals surface area contributed by atoms with Crippen LogP contribution in [0, 0.1) is 5.82 Å². The summed E-state index contributed by atoms with van der Waals surface area (Å²) in [5, 5.41) is 3.22. The van der Waals surface area contributed by atoms with Crippen LogP contribution in [0.25, 0.3) is 0 Å². The third-order valence-corrected chi connectivity index (χ3v) is 4.31. The topological polar surface area (TPSA) is 38.0 Å². The Bertz CT molecular complexity index is 364. The molecule has 1 saturated carbocycles. The lowest BCUT2D eigenvalue weighted by molar-refractivity contribution is 0.633. The van der Waals surface area contributed by atoms with Crippen LogP contribution in [0.5, 0.6) is 0 Å². The van der Waals surface area contributed by atoms with Crippen LogP contribution in [0.3, 0.4) is 0 Å². The Morgan fingerprint density at radius 1 is 1.53 bits per heavy atom. The number of nitrogens with one attached hydrogen (secondary N) is 1. The summed E-state index contributed by atoms with van der Waals surface area (Å²) in [6.45, 7) is 0.863. The summed E-state index contributed by atoms with van der Waals surface area (Å²) < 4.78 is 13.5. The van der Waals surface area contributed by atoms with E-state index in [0.717, 1.165) is 6.54 Å². The molecule has 0 unspecified atom stereocenters. The van der Waals surface area contributed by atoms with Crippen molar-refractivity contribution in [2.45, 2.75) is 17.6 Å². The fourth-order valence-corrected chi connectivity index (χ4v) is 2.27. The summed E-state index contributed by atoms with van der Waals surface area (Å²) in [5.74, 6) is -0.353. The lowest BCUT2D eigenvalue weighted by Gasteiger charge is -2.15. The van der Waals surface area contributed by atoms with Gasteiger partial charge in [-0.2, -0.15) is 11.8 Å². The number of nitrogen functional groups attached to an aromatic ring is 1. The molecule has 2 rings (SSSR count). The third-order valence-electron chi connectivity index (χ3n) is 2.89. The smallest absolute Gasteiger partial charge is 0.148 e. The zero-order chi connectivity index (χ0) is 10.9. The van der Waals surface area contributed by atoms with Crippen molar-refractivity contribution < 1.29 is 4.39 Å². The lowest BCUT2D eigenvalue weighted by atomic mass is 10.2. The number of thioether (sulfide) groups is 1. The highest BCUT2D eigenvalue weighted by Gasteiger charge is 2.41. The van der Waals surface area contributed by atoms with Gasteiger partial charge in [-0.1, -0.05) is 6.07 Å². The van der Waals surface area contributed by atoms with Crippen molar-refractivity contribution in [1.82, 2.24) is 0 Å². The number of hydrogen-bond donors (Lipinski definition) is 2. The average molecular weight is 226 g/mol. The van der Waals surface area contributed by atoms with Crippen LogP contribution in [-0.2, 0) is 0 Å². The fraction of sp³-hybridized carbons (Fsp3) is 0.455. The maximum absolute atomic E-state index is 13.1. The van der Waals surface area contributed by atoms with Gasteiger partial charge in [-0.3, -0.25) is 0 Å². The van der Waals surface area contributed by atoms with Gasteiger partial charge in [-0.05, 0) is 31.2 Å². The van der Waals surface area contributed by atoms with Crippen molar-refractivity contribution in [2.75, 3.05) is 23.9 Å². The molecule has 15 heavy (non-hydrogen) atoms. The van der Waals surface area contributed by atoms with Gasteiger partial charge in [0.1, 0.15) is 5.82 Å². The van der Waals surface area contributed by atoms with Crippen molar-refractivity contribution in [3.05, 3.63) is 24.0 Å². The SMILES string of the molecule is CSC1(CNc2cccc(F)c2N)CC1. The van der Waals surface area contributed by atoms with Crippen LogP contribution < -0.4 is 11.1 Å². The van der Waals surface area contributed by atoms with Crippen LogP contribution in [-0.4, -0.2) is 17.5 Å². The van der Waals surface area contributed by atoms with E-state index in [4.69, 9.17) is 5.73 Å². The van der Waals surface area contributed by atoms with E-state index < -0.39 is 0 Å². The maximum Gasteiger partial charge on any atom is 0.148 e. The number of hydrogen-bond acceptors (Lipinski definition) is 3. The van der Waals surface area contributed by atoms with Crippen LogP contribution in [0.4, 0.5) is 15.8 Å². The number of nitrogens with two attached hydrogens (primary N) is 1. The molecule has 0 bridgehead atoms. The zero-order valence-corrected chi connectivity index (χ0v) is 9.53. The van der Waals surface area contributed by atoms with Gasteiger partial charge >= 0.3 is 0 Å². The molecule has 0 amide bonds. The second-order valence-corrected chi connectivity index (χ2v) is 5.22. The van der Waals surface area contributed by atoms with Gasteiger partial charge in [0.15, 0.2) is 0 Å². The van der Waals surface area contributed by atoms with E-state index in [2.05, 4.69) is 11.6 Å². The maximum atomic E-state index is 13.1. The average Bonchev–Trinajstić information content (AvgIpc) is 3.01. The lowest BCUT2D eigenvalue weighted by Crippen LogP contribution is -2.18. The molecule has 2 nitrogen and oxygen atoms in total. The number of anilines is 2. The number of rotatable bonds is 4. The van der Waals surface area contributed by atoms with Gasteiger partial charge in [0, 0.05) is 11.3 Å². The molecule has 82 valence electrons. The minimum Gasteiger partial charge on any atom is -0.395 e. The van der Waals surface area contributed by atoms with Crippen molar-refractivity contribution in [3.63, 3.8) is 0 Å². The molecule has 4 heteroatoms. The second kappa shape index (κ2) is 3.93. The third kappa shape index (κ3) is 2.20. The summed E-state index contributed by atoms with van der Waals surface area (Å²) in [7, 11) is 0. The van der Waals surface area contributed by atoms with Crippen LogP contribution in [0.1, 0.15) is 12.8 Å². The van der Waals surface area contributed by atoms with Gasteiger partial charge in [0.25, 0.3) is 0 Å². The van der Waals surface area contributed by atoms with E-state index in [1.165, 1.54) is 18.9 Å². The Morgan fingerprint density at radius 3 is 2.87 bits per heavy atom. The molecule has 1 aliphatic carbocycles. The van der Waals surface area contributed by atoms with E-state index in [1.54, 1.807) is 6.07 Å². The molecule has 1 aromatic rings. The molecular weight excluding hydrogens is 211 g/mol. The van der Waals surface area contributed by atoms with E-state index in [-0.39, 0.29) is 11.5 Å². The highest BCUT2D eigenvalue weighted by molar-refractivity contribution is 8.00. The van der Waals surface area contributed by atoms with E-state index in [0.29, 0.717) is 10.4 Å². The van der Waals surface area contributed by atoms with E-state index >= 15 is 0 Å². The quantitative estimate of drug-likeness (QED) is 0.775. The summed E-state index contributed by atoms with van der Waals surface area (Å²) in [6.07, 6.45) is 4.58. The molecule has 0 radical (unpaired) electrons. The summed E-state index contributed by atoms with van der Waals surface area (Å²) >= 11 is 1.87. The van der Waals surface area contributed by atoms with Crippen molar-refractivity contribution in [1.29, 1.82) is 0 Å². The minimum atomic E-state index is -0.353. The van der Waals surface area contributed by atoms with Crippen molar-refractivity contribution >= 4 is 23.1 Å². The molecule has 1 aliphatic rings. The first-order chi connectivity index (χ1) is 7.17. The number of benzene rings is 1. The molecule has 0 saturated heterocycles. The molecule has 0 aromatic heterocycles. The van der Waals surface area contributed by atoms with Crippen LogP contribution >= 0.6 is 11.8 Å². The molecular formula is C11H15FN2S. The van der Waals surface area contributed by atoms with Crippen molar-refractivity contribution in [2.24, 2.45) is 0 Å². The van der Waals surface area contributed by atoms with E-state index in [9.17, 15) is 4.39 Å². The predicted octanol–water partition coefficient (Wildman–Crippen LogP) is 2.72. The molecule has 0 aliphatic heterocycles. The molecule has 3 N–H and O–H groups in total. The predicted molar refractivity (Wildman–Crippen MR) is 64.8 cm³/mol. The minimum absolute atomic E-state index is 0.217. The summed E-state index contributed by atoms with van der Waals surface area (Å²) in [4.78, 5) is 0. The fourth-order valence-electron chi connectivity index (χ4n) is 1.54. The number of para-hydroxylation sites is 1. The van der Waals surface area contributed by atoms with Gasteiger partial charge < -0.3 is 11.1 Å². The Labute approximate surface area is 93.4 Å². The first-order valence-corrected chi connectivity index (χ1v) is 6.22. The standard InChI is InChI=1S/C11H15FN2S/c1-15-11(5-6-11)7-14-9-4-2-3-8(12)10(9)13/h2-4,14H,5-7,13H2,1H3. The first kappa shape index (κ1) is 10.6. The molecule has 0 spiro atoms. The second-order valence-electron chi connectivity index (χ2n) is 3.94. The highest BCUT2D eigenvalue weighted by Crippen LogP contribution is 2.47.